The number of aryl methyl sites for hydroxylation is 1. The first kappa shape index (κ1) is 15.6. The molecular formula is C18H23N3O2. The summed E-state index contributed by atoms with van der Waals surface area (Å²) in [5.74, 6) is 1.85. The van der Waals surface area contributed by atoms with Crippen molar-refractivity contribution in [1.82, 2.24) is 14.9 Å². The molecule has 0 aliphatic heterocycles. The third-order valence-electron chi connectivity index (χ3n) is 4.56. The second-order valence-corrected chi connectivity index (χ2v) is 6.10. The predicted molar refractivity (Wildman–Crippen MR) is 88.1 cm³/mol. The molecule has 0 spiro atoms. The summed E-state index contributed by atoms with van der Waals surface area (Å²) in [6.07, 6.45) is 7.90. The fraction of sp³-hybridized carbons (Fsp3) is 0.444. The summed E-state index contributed by atoms with van der Waals surface area (Å²) in [5, 5.41) is 3.19. The average molecular weight is 313 g/mol. The van der Waals surface area contributed by atoms with Crippen molar-refractivity contribution in [3.63, 3.8) is 0 Å². The molecule has 2 aromatic rings. The fourth-order valence-electron chi connectivity index (χ4n) is 3.22. The molecule has 5 heteroatoms. The topological polar surface area (TPSA) is 56.1 Å². The smallest absolute Gasteiger partial charge is 0.223 e. The molecule has 5 nitrogen and oxygen atoms in total. The van der Waals surface area contributed by atoms with Crippen molar-refractivity contribution >= 4 is 5.91 Å². The number of ether oxygens (including phenoxy) is 1. The lowest BCUT2D eigenvalue weighted by Gasteiger charge is -2.21. The van der Waals surface area contributed by atoms with Crippen LogP contribution < -0.4 is 10.1 Å². The predicted octanol–water partition coefficient (Wildman–Crippen LogP) is 2.82. The molecule has 1 saturated carbocycles. The van der Waals surface area contributed by atoms with Crippen LogP contribution in [0.3, 0.4) is 0 Å². The maximum absolute atomic E-state index is 12.6. The van der Waals surface area contributed by atoms with Crippen molar-refractivity contribution in [3.05, 3.63) is 48.0 Å². The highest BCUT2D eigenvalue weighted by molar-refractivity contribution is 5.79. The second-order valence-electron chi connectivity index (χ2n) is 6.10. The van der Waals surface area contributed by atoms with Gasteiger partial charge in [0, 0.05) is 25.4 Å². The van der Waals surface area contributed by atoms with Crippen LogP contribution in [-0.2, 0) is 11.8 Å². The van der Waals surface area contributed by atoms with E-state index >= 15 is 0 Å². The van der Waals surface area contributed by atoms with Crippen molar-refractivity contribution in [2.75, 3.05) is 7.11 Å². The molecule has 1 aromatic carbocycles. The molecule has 1 aliphatic carbocycles. The summed E-state index contributed by atoms with van der Waals surface area (Å²) < 4.78 is 7.26. The summed E-state index contributed by atoms with van der Waals surface area (Å²) in [4.78, 5) is 17.0. The van der Waals surface area contributed by atoms with Gasteiger partial charge >= 0.3 is 0 Å². The number of carbonyl (C=O) groups is 1. The zero-order chi connectivity index (χ0) is 16.2. The van der Waals surface area contributed by atoms with Gasteiger partial charge in [-0.1, -0.05) is 25.0 Å². The number of imidazole rings is 1. The zero-order valence-electron chi connectivity index (χ0n) is 13.7. The lowest BCUT2D eigenvalue weighted by molar-refractivity contribution is -0.125. The van der Waals surface area contributed by atoms with Crippen LogP contribution in [0.1, 0.15) is 43.1 Å². The molecule has 1 atom stereocenters. The number of rotatable bonds is 5. The Morgan fingerprint density at radius 3 is 2.83 bits per heavy atom. The van der Waals surface area contributed by atoms with E-state index in [1.807, 2.05) is 42.1 Å². The largest absolute Gasteiger partial charge is 0.497 e. The highest BCUT2D eigenvalue weighted by atomic mass is 16.5. The number of nitrogens with one attached hydrogen (secondary N) is 1. The normalized spacial score (nSPS) is 16.3. The Kier molecular flexibility index (Phi) is 4.65. The monoisotopic (exact) mass is 313 g/mol. The summed E-state index contributed by atoms with van der Waals surface area (Å²) in [6, 6.07) is 7.52. The molecule has 1 fully saturated rings. The molecule has 1 amide bonds. The summed E-state index contributed by atoms with van der Waals surface area (Å²) >= 11 is 0. The minimum atomic E-state index is -0.266. The van der Waals surface area contributed by atoms with Crippen molar-refractivity contribution < 1.29 is 9.53 Å². The Balaban J connectivity index is 1.90. The third kappa shape index (κ3) is 3.38. The van der Waals surface area contributed by atoms with Crippen LogP contribution in [0.4, 0.5) is 0 Å². The van der Waals surface area contributed by atoms with Crippen LogP contribution in [0.2, 0.25) is 0 Å². The van der Waals surface area contributed by atoms with Gasteiger partial charge in [-0.05, 0) is 30.5 Å². The van der Waals surface area contributed by atoms with Gasteiger partial charge in [-0.25, -0.2) is 4.98 Å². The van der Waals surface area contributed by atoms with E-state index < -0.39 is 0 Å². The van der Waals surface area contributed by atoms with E-state index in [9.17, 15) is 4.79 Å². The van der Waals surface area contributed by atoms with Crippen LogP contribution in [0.5, 0.6) is 5.75 Å². The first-order valence-corrected chi connectivity index (χ1v) is 8.10. The number of hydrogen-bond donors (Lipinski definition) is 1. The third-order valence-corrected chi connectivity index (χ3v) is 4.56. The van der Waals surface area contributed by atoms with E-state index in [0.717, 1.165) is 42.8 Å². The molecule has 1 N–H and O–H groups in total. The molecule has 1 heterocycles. The Hall–Kier alpha value is -2.30. The number of methoxy groups -OCH3 is 1. The Bertz CT molecular complexity index is 674. The molecular weight excluding hydrogens is 290 g/mol. The highest BCUT2D eigenvalue weighted by Crippen LogP contribution is 2.28. The van der Waals surface area contributed by atoms with Gasteiger partial charge in [0.1, 0.15) is 17.6 Å². The first-order valence-electron chi connectivity index (χ1n) is 8.10. The number of benzene rings is 1. The van der Waals surface area contributed by atoms with Crippen LogP contribution >= 0.6 is 0 Å². The zero-order valence-corrected chi connectivity index (χ0v) is 13.7. The molecule has 1 aliphatic rings. The van der Waals surface area contributed by atoms with E-state index in [-0.39, 0.29) is 17.9 Å². The van der Waals surface area contributed by atoms with Gasteiger partial charge < -0.3 is 14.6 Å². The number of aromatic nitrogens is 2. The van der Waals surface area contributed by atoms with Crippen molar-refractivity contribution in [2.24, 2.45) is 13.0 Å². The van der Waals surface area contributed by atoms with E-state index in [2.05, 4.69) is 10.3 Å². The lowest BCUT2D eigenvalue weighted by atomic mass is 10.0. The SMILES string of the molecule is COc1cccc(C(NC(=O)C2CCCC2)c2nccn2C)c1. The summed E-state index contributed by atoms with van der Waals surface area (Å²) in [6.45, 7) is 0. The molecule has 0 saturated heterocycles. The lowest BCUT2D eigenvalue weighted by Crippen LogP contribution is -2.34. The molecule has 0 radical (unpaired) electrons. The maximum atomic E-state index is 12.6. The number of nitrogens with zero attached hydrogens (tertiary/aromatic N) is 2. The number of carbonyl (C=O) groups excluding carboxylic acids is 1. The highest BCUT2D eigenvalue weighted by Gasteiger charge is 2.27. The van der Waals surface area contributed by atoms with Gasteiger partial charge in [-0.15, -0.1) is 0 Å². The van der Waals surface area contributed by atoms with Crippen molar-refractivity contribution in [1.29, 1.82) is 0 Å². The standard InChI is InChI=1S/C18H23N3O2/c1-21-11-10-19-17(21)16(14-8-5-9-15(12-14)23-2)20-18(22)13-6-3-4-7-13/h5,8-13,16H,3-4,6-7H2,1-2H3,(H,20,22). The van der Waals surface area contributed by atoms with Crippen molar-refractivity contribution in [2.45, 2.75) is 31.7 Å². The minimum absolute atomic E-state index is 0.123. The molecule has 122 valence electrons. The molecule has 1 aromatic heterocycles. The molecule has 23 heavy (non-hydrogen) atoms. The van der Waals surface area contributed by atoms with Crippen LogP contribution in [0, 0.1) is 5.92 Å². The van der Waals surface area contributed by atoms with E-state index in [0.29, 0.717) is 0 Å². The molecule has 1 unspecified atom stereocenters. The quantitative estimate of drug-likeness (QED) is 0.923. The maximum Gasteiger partial charge on any atom is 0.223 e. The van der Waals surface area contributed by atoms with Gasteiger partial charge in [0.25, 0.3) is 0 Å². The van der Waals surface area contributed by atoms with Crippen LogP contribution in [0.15, 0.2) is 36.7 Å². The Morgan fingerprint density at radius 2 is 2.17 bits per heavy atom. The van der Waals surface area contributed by atoms with Crippen molar-refractivity contribution in [3.8, 4) is 5.75 Å². The van der Waals surface area contributed by atoms with Crippen LogP contribution in [0.25, 0.3) is 0 Å². The average Bonchev–Trinajstić information content (AvgIpc) is 3.24. The van der Waals surface area contributed by atoms with Gasteiger partial charge in [0.15, 0.2) is 0 Å². The van der Waals surface area contributed by atoms with Gasteiger partial charge in [0.2, 0.25) is 5.91 Å². The number of amides is 1. The Morgan fingerprint density at radius 1 is 1.39 bits per heavy atom. The minimum Gasteiger partial charge on any atom is -0.497 e. The number of hydrogen-bond acceptors (Lipinski definition) is 3. The molecule has 0 bridgehead atoms. The van der Waals surface area contributed by atoms with E-state index in [1.165, 1.54) is 0 Å². The van der Waals surface area contributed by atoms with Gasteiger partial charge in [-0.3, -0.25) is 4.79 Å². The fourth-order valence-corrected chi connectivity index (χ4v) is 3.22. The summed E-state index contributed by atoms with van der Waals surface area (Å²) in [5.41, 5.74) is 0.977. The molecule has 3 rings (SSSR count). The summed E-state index contributed by atoms with van der Waals surface area (Å²) in [7, 11) is 3.59. The van der Waals surface area contributed by atoms with E-state index in [1.54, 1.807) is 13.3 Å². The Labute approximate surface area is 136 Å². The van der Waals surface area contributed by atoms with E-state index in [4.69, 9.17) is 4.74 Å². The van der Waals surface area contributed by atoms with Gasteiger partial charge in [0.05, 0.1) is 7.11 Å². The second kappa shape index (κ2) is 6.86. The van der Waals surface area contributed by atoms with Gasteiger partial charge in [-0.2, -0.15) is 0 Å². The van der Waals surface area contributed by atoms with Crippen LogP contribution in [-0.4, -0.2) is 22.6 Å². The first-order chi connectivity index (χ1) is 11.2.